The largest absolute Gasteiger partial charge is 0.270 e. The number of nitro benzene ring substituents is 1. The second-order valence-electron chi connectivity index (χ2n) is 6.03. The standard InChI is InChI=1S/C18H10ClN7O2/c19-12-4-6-13(7-5-12)25-17-15(9-21-25)18-22-16(23-24(18)10-20-17)11-2-1-3-14(8-11)26(27)28/h1-10H. The summed E-state index contributed by atoms with van der Waals surface area (Å²) in [5.41, 5.74) is 2.53. The third-order valence-corrected chi connectivity index (χ3v) is 4.54. The number of aromatic nitrogens is 6. The molecule has 0 unspecified atom stereocenters. The first-order valence-corrected chi connectivity index (χ1v) is 8.58. The van der Waals surface area contributed by atoms with Gasteiger partial charge in [-0.25, -0.2) is 19.2 Å². The molecule has 9 nitrogen and oxygen atoms in total. The van der Waals surface area contributed by atoms with Gasteiger partial charge in [0.15, 0.2) is 17.1 Å². The van der Waals surface area contributed by atoms with E-state index < -0.39 is 4.92 Å². The van der Waals surface area contributed by atoms with E-state index in [4.69, 9.17) is 11.6 Å². The van der Waals surface area contributed by atoms with Crippen LogP contribution in [-0.2, 0) is 0 Å². The zero-order valence-electron chi connectivity index (χ0n) is 14.1. The summed E-state index contributed by atoms with van der Waals surface area (Å²) in [5.74, 6) is 0.372. The molecule has 3 aromatic heterocycles. The van der Waals surface area contributed by atoms with Crippen molar-refractivity contribution in [2.45, 2.75) is 0 Å². The molecule has 0 aliphatic carbocycles. The fraction of sp³-hybridized carbons (Fsp3) is 0. The third kappa shape index (κ3) is 2.57. The molecule has 0 amide bonds. The van der Waals surface area contributed by atoms with Crippen LogP contribution in [0.4, 0.5) is 5.69 Å². The minimum absolute atomic E-state index is 0.0183. The Morgan fingerprint density at radius 2 is 1.89 bits per heavy atom. The number of benzene rings is 2. The smallest absolute Gasteiger partial charge is 0.258 e. The molecule has 28 heavy (non-hydrogen) atoms. The van der Waals surface area contributed by atoms with E-state index in [1.54, 1.807) is 41.5 Å². The predicted octanol–water partition coefficient (Wildman–Crippen LogP) is 3.69. The van der Waals surface area contributed by atoms with Crippen molar-refractivity contribution in [2.75, 3.05) is 0 Å². The van der Waals surface area contributed by atoms with Crippen LogP contribution in [-0.4, -0.2) is 34.3 Å². The van der Waals surface area contributed by atoms with Crippen molar-refractivity contribution < 1.29 is 4.92 Å². The van der Waals surface area contributed by atoms with Gasteiger partial charge in [-0.2, -0.15) is 5.10 Å². The van der Waals surface area contributed by atoms with Gasteiger partial charge in [0.25, 0.3) is 5.69 Å². The number of hydrogen-bond donors (Lipinski definition) is 0. The molecular weight excluding hydrogens is 382 g/mol. The van der Waals surface area contributed by atoms with Crippen molar-refractivity contribution in [3.8, 4) is 17.1 Å². The van der Waals surface area contributed by atoms with Gasteiger partial charge in [-0.05, 0) is 24.3 Å². The van der Waals surface area contributed by atoms with Crippen molar-refractivity contribution in [1.82, 2.24) is 29.4 Å². The second-order valence-corrected chi connectivity index (χ2v) is 6.46. The Hall–Kier alpha value is -3.85. The van der Waals surface area contributed by atoms with E-state index in [0.717, 1.165) is 5.69 Å². The lowest BCUT2D eigenvalue weighted by Crippen LogP contribution is -1.98. The first kappa shape index (κ1) is 16.3. The van der Waals surface area contributed by atoms with Crippen LogP contribution >= 0.6 is 11.6 Å². The third-order valence-electron chi connectivity index (χ3n) is 4.29. The van der Waals surface area contributed by atoms with E-state index in [2.05, 4.69) is 20.2 Å². The van der Waals surface area contributed by atoms with Gasteiger partial charge in [-0.15, -0.1) is 5.10 Å². The zero-order valence-corrected chi connectivity index (χ0v) is 14.9. The first-order chi connectivity index (χ1) is 13.6. The number of nitrogens with zero attached hydrogens (tertiary/aromatic N) is 7. The number of non-ortho nitro benzene ring substituents is 1. The molecule has 0 atom stereocenters. The zero-order chi connectivity index (χ0) is 19.3. The van der Waals surface area contributed by atoms with Crippen molar-refractivity contribution in [3.05, 3.63) is 76.2 Å². The van der Waals surface area contributed by atoms with Crippen molar-refractivity contribution in [3.63, 3.8) is 0 Å². The second kappa shape index (κ2) is 6.10. The van der Waals surface area contributed by atoms with E-state index in [1.165, 1.54) is 16.6 Å². The lowest BCUT2D eigenvalue weighted by molar-refractivity contribution is -0.384. The van der Waals surface area contributed by atoms with Crippen molar-refractivity contribution >= 4 is 34.0 Å². The summed E-state index contributed by atoms with van der Waals surface area (Å²) in [6.45, 7) is 0. The molecule has 0 radical (unpaired) electrons. The van der Waals surface area contributed by atoms with E-state index in [1.807, 2.05) is 12.1 Å². The van der Waals surface area contributed by atoms with Gasteiger partial charge in [0, 0.05) is 22.7 Å². The van der Waals surface area contributed by atoms with Crippen LogP contribution in [0.5, 0.6) is 0 Å². The molecule has 0 aliphatic heterocycles. The topological polar surface area (TPSA) is 104 Å². The molecule has 10 heteroatoms. The molecule has 0 bridgehead atoms. The SMILES string of the molecule is O=[N+]([O-])c1cccc(-c2nc3c4cnn(-c5ccc(Cl)cc5)c4ncn3n2)c1. The highest BCUT2D eigenvalue weighted by atomic mass is 35.5. The summed E-state index contributed by atoms with van der Waals surface area (Å²) in [7, 11) is 0. The number of rotatable bonds is 3. The molecule has 2 aromatic carbocycles. The highest BCUT2D eigenvalue weighted by molar-refractivity contribution is 6.30. The molecule has 0 saturated carbocycles. The predicted molar refractivity (Wildman–Crippen MR) is 103 cm³/mol. The van der Waals surface area contributed by atoms with Gasteiger partial charge in [0.05, 0.1) is 22.2 Å². The number of hydrogen-bond acceptors (Lipinski definition) is 6. The molecule has 136 valence electrons. The molecule has 5 rings (SSSR count). The van der Waals surface area contributed by atoms with E-state index >= 15 is 0 Å². The fourth-order valence-electron chi connectivity index (χ4n) is 2.97. The van der Waals surface area contributed by atoms with Crippen LogP contribution in [0.15, 0.2) is 61.1 Å². The first-order valence-electron chi connectivity index (χ1n) is 8.20. The summed E-state index contributed by atoms with van der Waals surface area (Å²) in [6, 6.07) is 13.4. The highest BCUT2D eigenvalue weighted by Gasteiger charge is 2.16. The quantitative estimate of drug-likeness (QED) is 0.343. The Morgan fingerprint density at radius 1 is 1.07 bits per heavy atom. The monoisotopic (exact) mass is 391 g/mol. The summed E-state index contributed by atoms with van der Waals surface area (Å²) < 4.78 is 3.22. The lowest BCUT2D eigenvalue weighted by Gasteiger charge is -2.02. The van der Waals surface area contributed by atoms with E-state index in [0.29, 0.717) is 33.1 Å². The molecule has 0 fully saturated rings. The van der Waals surface area contributed by atoms with E-state index in [-0.39, 0.29) is 5.69 Å². The van der Waals surface area contributed by atoms with Gasteiger partial charge in [-0.3, -0.25) is 10.1 Å². The summed E-state index contributed by atoms with van der Waals surface area (Å²) in [5, 5.41) is 21.2. The fourth-order valence-corrected chi connectivity index (χ4v) is 3.10. The Balaban J connectivity index is 1.66. The maximum atomic E-state index is 11.0. The molecular formula is C18H10ClN7O2. The highest BCUT2D eigenvalue weighted by Crippen LogP contribution is 2.25. The van der Waals surface area contributed by atoms with Gasteiger partial charge in [-0.1, -0.05) is 23.7 Å². The van der Waals surface area contributed by atoms with Crippen molar-refractivity contribution in [1.29, 1.82) is 0 Å². The Morgan fingerprint density at radius 3 is 2.68 bits per heavy atom. The summed E-state index contributed by atoms with van der Waals surface area (Å²) in [4.78, 5) is 19.6. The minimum atomic E-state index is -0.449. The Bertz CT molecular complexity index is 1360. The molecule has 3 heterocycles. The Labute approximate surface area is 162 Å². The molecule has 5 aromatic rings. The maximum Gasteiger partial charge on any atom is 0.270 e. The number of halogens is 1. The van der Waals surface area contributed by atoms with E-state index in [9.17, 15) is 10.1 Å². The maximum absolute atomic E-state index is 11.0. The van der Waals surface area contributed by atoms with Gasteiger partial charge >= 0.3 is 0 Å². The molecule has 0 aliphatic rings. The molecule has 0 spiro atoms. The Kier molecular flexibility index (Phi) is 3.56. The van der Waals surface area contributed by atoms with Gasteiger partial charge in [0.2, 0.25) is 0 Å². The molecule has 0 N–H and O–H groups in total. The van der Waals surface area contributed by atoms with Crippen LogP contribution in [0.2, 0.25) is 5.02 Å². The van der Waals surface area contributed by atoms with Crippen LogP contribution in [0.3, 0.4) is 0 Å². The average molecular weight is 392 g/mol. The summed E-state index contributed by atoms with van der Waals surface area (Å²) in [6.07, 6.45) is 3.21. The minimum Gasteiger partial charge on any atom is -0.258 e. The van der Waals surface area contributed by atoms with Gasteiger partial charge in [0.1, 0.15) is 6.33 Å². The van der Waals surface area contributed by atoms with Crippen molar-refractivity contribution in [2.24, 2.45) is 0 Å². The number of nitro groups is 1. The number of fused-ring (bicyclic) bond motifs is 3. The normalized spacial score (nSPS) is 11.3. The summed E-state index contributed by atoms with van der Waals surface area (Å²) >= 11 is 5.95. The van der Waals surface area contributed by atoms with Crippen LogP contribution in [0, 0.1) is 10.1 Å². The van der Waals surface area contributed by atoms with Crippen LogP contribution in [0.25, 0.3) is 33.8 Å². The molecule has 0 saturated heterocycles. The van der Waals surface area contributed by atoms with Crippen LogP contribution in [0.1, 0.15) is 0 Å². The lowest BCUT2D eigenvalue weighted by atomic mass is 10.2. The average Bonchev–Trinajstić information content (AvgIpc) is 3.32. The van der Waals surface area contributed by atoms with Gasteiger partial charge < -0.3 is 0 Å². The van der Waals surface area contributed by atoms with Crippen LogP contribution < -0.4 is 0 Å².